The maximum absolute atomic E-state index is 11.8. The quantitative estimate of drug-likeness (QED) is 0.882. The maximum atomic E-state index is 11.8. The van der Waals surface area contributed by atoms with Crippen molar-refractivity contribution in [3.8, 4) is 0 Å². The highest BCUT2D eigenvalue weighted by molar-refractivity contribution is 5.39. The first-order valence-electron chi connectivity index (χ1n) is 5.86. The van der Waals surface area contributed by atoms with Crippen LogP contribution >= 0.6 is 0 Å². The molecule has 1 aliphatic carbocycles. The average molecular weight is 260 g/mol. The first-order chi connectivity index (χ1) is 8.46. The second-order valence-corrected chi connectivity index (χ2v) is 4.62. The lowest BCUT2D eigenvalue weighted by Crippen LogP contribution is -2.27. The number of alkyl halides is 3. The summed E-state index contributed by atoms with van der Waals surface area (Å²) in [5, 5.41) is 9.61. The van der Waals surface area contributed by atoms with Gasteiger partial charge in [-0.15, -0.1) is 0 Å². The molecule has 0 bridgehead atoms. The molecule has 1 aromatic carbocycles. The Labute approximate surface area is 103 Å². The van der Waals surface area contributed by atoms with Crippen LogP contribution in [0.2, 0.25) is 0 Å². The summed E-state index contributed by atoms with van der Waals surface area (Å²) in [6.45, 7) is -1.57. The number of aliphatic hydroxyl groups is 1. The average Bonchev–Trinajstić information content (AvgIpc) is 2.24. The molecule has 100 valence electrons. The number of hydrogen-bond donors (Lipinski definition) is 1. The van der Waals surface area contributed by atoms with Crippen LogP contribution in [0.1, 0.15) is 23.5 Å². The molecule has 0 aromatic heterocycles. The van der Waals surface area contributed by atoms with E-state index in [4.69, 9.17) is 0 Å². The summed E-state index contributed by atoms with van der Waals surface area (Å²) in [6.07, 6.45) is -3.84. The summed E-state index contributed by atoms with van der Waals surface area (Å²) < 4.78 is 40.0. The van der Waals surface area contributed by atoms with Crippen molar-refractivity contribution in [1.29, 1.82) is 0 Å². The van der Waals surface area contributed by atoms with Crippen molar-refractivity contribution in [2.45, 2.75) is 31.0 Å². The summed E-state index contributed by atoms with van der Waals surface area (Å²) >= 11 is 0. The molecule has 1 aromatic rings. The lowest BCUT2D eigenvalue weighted by atomic mass is 9.75. The third kappa shape index (κ3) is 3.46. The van der Waals surface area contributed by atoms with E-state index in [0.29, 0.717) is 6.42 Å². The van der Waals surface area contributed by atoms with Crippen LogP contribution in [-0.4, -0.2) is 30.6 Å². The van der Waals surface area contributed by atoms with Crippen LogP contribution in [-0.2, 0) is 11.2 Å². The van der Waals surface area contributed by atoms with Crippen molar-refractivity contribution in [1.82, 2.24) is 0 Å². The Bertz CT molecular complexity index is 403. The van der Waals surface area contributed by atoms with Crippen LogP contribution in [0.4, 0.5) is 13.2 Å². The molecule has 2 unspecified atom stereocenters. The van der Waals surface area contributed by atoms with E-state index >= 15 is 0 Å². The van der Waals surface area contributed by atoms with Crippen LogP contribution in [0.15, 0.2) is 24.3 Å². The van der Waals surface area contributed by atoms with Gasteiger partial charge in [0.15, 0.2) is 0 Å². The molecule has 5 heteroatoms. The molecule has 0 heterocycles. The Kier molecular flexibility index (Phi) is 3.92. The fraction of sp³-hybridized carbons (Fsp3) is 0.538. The number of hydrogen-bond acceptors (Lipinski definition) is 2. The number of aliphatic hydroxyl groups excluding tert-OH is 1. The van der Waals surface area contributed by atoms with Crippen molar-refractivity contribution in [2.24, 2.45) is 0 Å². The fourth-order valence-corrected chi connectivity index (χ4v) is 2.28. The van der Waals surface area contributed by atoms with Crippen LogP contribution in [0.25, 0.3) is 0 Å². The maximum Gasteiger partial charge on any atom is 0.411 e. The molecule has 0 spiro atoms. The van der Waals surface area contributed by atoms with Gasteiger partial charge in [0.2, 0.25) is 0 Å². The van der Waals surface area contributed by atoms with Crippen molar-refractivity contribution in [2.75, 3.05) is 13.2 Å². The van der Waals surface area contributed by atoms with Gasteiger partial charge in [-0.2, -0.15) is 13.2 Å². The second-order valence-electron chi connectivity index (χ2n) is 4.62. The van der Waals surface area contributed by atoms with Crippen molar-refractivity contribution < 1.29 is 23.0 Å². The number of benzene rings is 1. The van der Waals surface area contributed by atoms with Crippen LogP contribution in [0.3, 0.4) is 0 Å². The van der Waals surface area contributed by atoms with Crippen molar-refractivity contribution in [3.05, 3.63) is 35.4 Å². The minimum absolute atomic E-state index is 0.241. The molecular weight excluding hydrogens is 245 g/mol. The van der Waals surface area contributed by atoms with Gasteiger partial charge in [-0.25, -0.2) is 0 Å². The fourth-order valence-electron chi connectivity index (χ4n) is 2.28. The third-order valence-corrected chi connectivity index (χ3v) is 3.09. The molecule has 1 aliphatic rings. The van der Waals surface area contributed by atoms with E-state index in [0.717, 1.165) is 6.42 Å². The highest BCUT2D eigenvalue weighted by Gasteiger charge is 2.30. The van der Waals surface area contributed by atoms with Gasteiger partial charge in [-0.05, 0) is 29.9 Å². The minimum atomic E-state index is -4.33. The van der Waals surface area contributed by atoms with E-state index in [2.05, 4.69) is 4.74 Å². The lowest BCUT2D eigenvalue weighted by Gasteiger charge is -2.31. The summed E-state index contributed by atoms with van der Waals surface area (Å²) in [5.74, 6) is 0.241. The molecule has 2 rings (SSSR count). The van der Waals surface area contributed by atoms with Gasteiger partial charge in [-0.3, -0.25) is 0 Å². The van der Waals surface area contributed by atoms with Gasteiger partial charge < -0.3 is 9.84 Å². The minimum Gasteiger partial charge on any atom is -0.391 e. The van der Waals surface area contributed by atoms with Crippen molar-refractivity contribution >= 4 is 0 Å². The number of rotatable bonds is 5. The SMILES string of the molecule is OC(COCC(F)(F)F)CC1Cc2ccccc21. The first-order valence-corrected chi connectivity index (χ1v) is 5.86. The third-order valence-electron chi connectivity index (χ3n) is 3.09. The second kappa shape index (κ2) is 5.28. The standard InChI is InChI=1S/C13H15F3O2/c14-13(15,16)8-18-7-11(17)6-10-5-9-3-1-2-4-12(9)10/h1-4,10-11,17H,5-8H2. The zero-order valence-electron chi connectivity index (χ0n) is 9.78. The normalized spacial score (nSPS) is 20.1. The smallest absolute Gasteiger partial charge is 0.391 e. The lowest BCUT2D eigenvalue weighted by molar-refractivity contribution is -0.179. The molecule has 2 atom stereocenters. The molecule has 2 nitrogen and oxygen atoms in total. The summed E-state index contributed by atoms with van der Waals surface area (Å²) in [4.78, 5) is 0. The van der Waals surface area contributed by atoms with E-state index in [-0.39, 0.29) is 12.5 Å². The molecule has 0 saturated heterocycles. The van der Waals surface area contributed by atoms with Crippen LogP contribution < -0.4 is 0 Å². The van der Waals surface area contributed by atoms with E-state index in [1.165, 1.54) is 11.1 Å². The Balaban J connectivity index is 1.72. The van der Waals surface area contributed by atoms with Gasteiger partial charge >= 0.3 is 6.18 Å². The molecule has 0 saturated carbocycles. The molecular formula is C13H15F3O2. The van der Waals surface area contributed by atoms with Gasteiger partial charge in [0, 0.05) is 0 Å². The number of ether oxygens (including phenoxy) is 1. The zero-order chi connectivity index (χ0) is 13.2. The summed E-state index contributed by atoms with van der Waals surface area (Å²) in [7, 11) is 0. The predicted octanol–water partition coefficient (Wildman–Crippen LogP) is 2.66. The van der Waals surface area contributed by atoms with Crippen LogP contribution in [0, 0.1) is 0 Å². The topological polar surface area (TPSA) is 29.5 Å². The van der Waals surface area contributed by atoms with E-state index < -0.39 is 18.9 Å². The Morgan fingerprint density at radius 3 is 2.72 bits per heavy atom. The monoisotopic (exact) mass is 260 g/mol. The van der Waals surface area contributed by atoms with Gasteiger partial charge in [0.1, 0.15) is 6.61 Å². The van der Waals surface area contributed by atoms with E-state index in [1.807, 2.05) is 24.3 Å². The van der Waals surface area contributed by atoms with E-state index in [1.54, 1.807) is 0 Å². The highest BCUT2D eigenvalue weighted by Crippen LogP contribution is 2.37. The first kappa shape index (κ1) is 13.4. The molecule has 18 heavy (non-hydrogen) atoms. The largest absolute Gasteiger partial charge is 0.411 e. The molecule has 0 radical (unpaired) electrons. The summed E-state index contributed by atoms with van der Waals surface area (Å²) in [6, 6.07) is 7.90. The van der Waals surface area contributed by atoms with Gasteiger partial charge in [0.05, 0.1) is 12.7 Å². The molecule has 0 aliphatic heterocycles. The highest BCUT2D eigenvalue weighted by atomic mass is 19.4. The van der Waals surface area contributed by atoms with Crippen molar-refractivity contribution in [3.63, 3.8) is 0 Å². The number of halogens is 3. The van der Waals surface area contributed by atoms with Gasteiger partial charge in [0.25, 0.3) is 0 Å². The molecule has 0 amide bonds. The predicted molar refractivity (Wildman–Crippen MR) is 60.4 cm³/mol. The molecule has 0 fully saturated rings. The van der Waals surface area contributed by atoms with Crippen LogP contribution in [0.5, 0.6) is 0 Å². The Hall–Kier alpha value is -1.07. The van der Waals surface area contributed by atoms with Gasteiger partial charge in [-0.1, -0.05) is 24.3 Å². The zero-order valence-corrected chi connectivity index (χ0v) is 9.78. The number of fused-ring (bicyclic) bond motifs is 1. The Morgan fingerprint density at radius 2 is 2.06 bits per heavy atom. The summed E-state index contributed by atoms with van der Waals surface area (Å²) in [5.41, 5.74) is 2.44. The molecule has 1 N–H and O–H groups in total. The van der Waals surface area contributed by atoms with E-state index in [9.17, 15) is 18.3 Å². The Morgan fingerprint density at radius 1 is 1.33 bits per heavy atom.